The summed E-state index contributed by atoms with van der Waals surface area (Å²) < 4.78 is 28.0. The first-order chi connectivity index (χ1) is 9.50. The lowest BCUT2D eigenvalue weighted by molar-refractivity contribution is 0.0743. The summed E-state index contributed by atoms with van der Waals surface area (Å²) in [6.07, 6.45) is 0.940. The minimum absolute atomic E-state index is 0.0290. The molecule has 1 amide bonds. The summed E-state index contributed by atoms with van der Waals surface area (Å²) in [5, 5.41) is 0. The van der Waals surface area contributed by atoms with E-state index in [0.29, 0.717) is 19.0 Å². The second kappa shape index (κ2) is 5.32. The fraction of sp³-hybridized carbons (Fsp3) is 0.643. The van der Waals surface area contributed by atoms with Gasteiger partial charge in [0.1, 0.15) is 10.7 Å². The van der Waals surface area contributed by atoms with Gasteiger partial charge in [0.25, 0.3) is 15.0 Å². The highest BCUT2D eigenvalue weighted by molar-refractivity contribution is 8.13. The fourth-order valence-corrected chi connectivity index (χ4v) is 3.71. The minimum Gasteiger partial charge on any atom is -0.455 e. The molecule has 0 aromatic carbocycles. The topological polar surface area (TPSA) is 67.6 Å². The third-order valence-electron chi connectivity index (χ3n) is 4.05. The van der Waals surface area contributed by atoms with Crippen LogP contribution in [-0.2, 0) is 9.05 Å². The fourth-order valence-electron chi connectivity index (χ4n) is 2.62. The molecular formula is C14H20ClNO4S. The van der Waals surface area contributed by atoms with Gasteiger partial charge in [-0.2, -0.15) is 0 Å². The van der Waals surface area contributed by atoms with Crippen molar-refractivity contribution < 1.29 is 17.6 Å². The molecule has 0 N–H and O–H groups in total. The van der Waals surface area contributed by atoms with E-state index in [2.05, 4.69) is 20.8 Å². The SMILES string of the molecule is Cc1oc(C(=O)N2CCC(C(C)(C)C)C2)cc1S(=O)(=O)Cl. The molecule has 0 radical (unpaired) electrons. The molecule has 1 aliphatic rings. The molecular weight excluding hydrogens is 314 g/mol. The molecule has 118 valence electrons. The van der Waals surface area contributed by atoms with E-state index in [9.17, 15) is 13.2 Å². The Morgan fingerprint density at radius 3 is 2.48 bits per heavy atom. The average Bonchev–Trinajstić information content (AvgIpc) is 2.92. The second-order valence-electron chi connectivity index (χ2n) is 6.57. The van der Waals surface area contributed by atoms with Crippen LogP contribution in [0.3, 0.4) is 0 Å². The van der Waals surface area contributed by atoms with Gasteiger partial charge in [-0.15, -0.1) is 0 Å². The number of hydrogen-bond acceptors (Lipinski definition) is 4. The van der Waals surface area contributed by atoms with Crippen molar-refractivity contribution in [1.29, 1.82) is 0 Å². The van der Waals surface area contributed by atoms with Gasteiger partial charge in [-0.1, -0.05) is 20.8 Å². The Labute approximate surface area is 129 Å². The number of nitrogens with zero attached hydrogens (tertiary/aromatic N) is 1. The van der Waals surface area contributed by atoms with Crippen molar-refractivity contribution in [3.05, 3.63) is 17.6 Å². The molecule has 2 heterocycles. The third kappa shape index (κ3) is 3.43. The Morgan fingerprint density at radius 1 is 1.43 bits per heavy atom. The van der Waals surface area contributed by atoms with E-state index < -0.39 is 9.05 Å². The normalized spacial score (nSPS) is 20.0. The smallest absolute Gasteiger partial charge is 0.289 e. The highest BCUT2D eigenvalue weighted by Crippen LogP contribution is 2.34. The van der Waals surface area contributed by atoms with Gasteiger partial charge < -0.3 is 9.32 Å². The zero-order valence-electron chi connectivity index (χ0n) is 12.6. The molecule has 1 aliphatic heterocycles. The Bertz CT molecular complexity index is 657. The lowest BCUT2D eigenvalue weighted by Gasteiger charge is -2.26. The van der Waals surface area contributed by atoms with E-state index in [-0.39, 0.29) is 27.7 Å². The Balaban J connectivity index is 2.19. The van der Waals surface area contributed by atoms with Crippen molar-refractivity contribution in [2.24, 2.45) is 11.3 Å². The van der Waals surface area contributed by atoms with Crippen LogP contribution in [0.1, 0.15) is 43.5 Å². The van der Waals surface area contributed by atoms with Gasteiger partial charge in [0.15, 0.2) is 5.76 Å². The number of aryl methyl sites for hydroxylation is 1. The standard InChI is InChI=1S/C14H20ClNO4S/c1-9-12(21(15,18)19)7-11(20-9)13(17)16-6-5-10(8-16)14(2,3)4/h7,10H,5-6,8H2,1-4H3. The molecule has 0 saturated carbocycles. The Hall–Kier alpha value is -1.01. The molecule has 1 saturated heterocycles. The molecule has 0 aliphatic carbocycles. The van der Waals surface area contributed by atoms with Gasteiger partial charge >= 0.3 is 0 Å². The van der Waals surface area contributed by atoms with Crippen LogP contribution in [0.15, 0.2) is 15.4 Å². The quantitative estimate of drug-likeness (QED) is 0.780. The van der Waals surface area contributed by atoms with E-state index in [0.717, 1.165) is 6.42 Å². The number of halogens is 1. The predicted octanol–water partition coefficient (Wildman–Crippen LogP) is 3.02. The summed E-state index contributed by atoms with van der Waals surface area (Å²) in [5.74, 6) is 0.311. The number of hydrogen-bond donors (Lipinski definition) is 0. The van der Waals surface area contributed by atoms with Crippen LogP contribution in [0, 0.1) is 18.3 Å². The Morgan fingerprint density at radius 2 is 2.05 bits per heavy atom. The van der Waals surface area contributed by atoms with E-state index >= 15 is 0 Å². The first-order valence-electron chi connectivity index (χ1n) is 6.84. The van der Waals surface area contributed by atoms with Crippen molar-refractivity contribution >= 4 is 25.6 Å². The van der Waals surface area contributed by atoms with Crippen LogP contribution in [-0.4, -0.2) is 32.3 Å². The molecule has 1 aromatic rings. The van der Waals surface area contributed by atoms with Crippen LogP contribution < -0.4 is 0 Å². The summed E-state index contributed by atoms with van der Waals surface area (Å²) in [6.45, 7) is 9.26. The first-order valence-corrected chi connectivity index (χ1v) is 9.15. The summed E-state index contributed by atoms with van der Waals surface area (Å²) >= 11 is 0. The zero-order valence-corrected chi connectivity index (χ0v) is 14.2. The highest BCUT2D eigenvalue weighted by atomic mass is 35.7. The van der Waals surface area contributed by atoms with Crippen LogP contribution in [0.25, 0.3) is 0 Å². The number of likely N-dealkylation sites (tertiary alicyclic amines) is 1. The molecule has 2 rings (SSSR count). The molecule has 0 spiro atoms. The summed E-state index contributed by atoms with van der Waals surface area (Å²) in [4.78, 5) is 14.0. The maximum Gasteiger partial charge on any atom is 0.289 e. The molecule has 1 atom stereocenters. The van der Waals surface area contributed by atoms with Crippen molar-refractivity contribution in [2.45, 2.75) is 39.0 Å². The van der Waals surface area contributed by atoms with E-state index in [1.807, 2.05) is 0 Å². The van der Waals surface area contributed by atoms with Crippen LogP contribution >= 0.6 is 10.7 Å². The van der Waals surface area contributed by atoms with Crippen molar-refractivity contribution in [3.63, 3.8) is 0 Å². The average molecular weight is 334 g/mol. The van der Waals surface area contributed by atoms with Crippen LogP contribution in [0.4, 0.5) is 0 Å². The monoisotopic (exact) mass is 333 g/mol. The maximum atomic E-state index is 12.4. The van der Waals surface area contributed by atoms with Gasteiger partial charge in [-0.25, -0.2) is 8.42 Å². The first kappa shape index (κ1) is 16.4. The van der Waals surface area contributed by atoms with Crippen LogP contribution in [0.5, 0.6) is 0 Å². The summed E-state index contributed by atoms with van der Waals surface area (Å²) in [5.41, 5.74) is 0.138. The number of rotatable bonds is 2. The van der Waals surface area contributed by atoms with Gasteiger partial charge in [0, 0.05) is 29.8 Å². The second-order valence-corrected chi connectivity index (χ2v) is 9.11. The Kier molecular flexibility index (Phi) is 4.14. The van der Waals surface area contributed by atoms with Crippen molar-refractivity contribution in [1.82, 2.24) is 4.90 Å². The highest BCUT2D eigenvalue weighted by Gasteiger charge is 2.35. The van der Waals surface area contributed by atoms with E-state index in [1.54, 1.807) is 4.90 Å². The molecule has 0 bridgehead atoms. The van der Waals surface area contributed by atoms with Crippen LogP contribution in [0.2, 0.25) is 0 Å². The lowest BCUT2D eigenvalue weighted by atomic mass is 9.80. The minimum atomic E-state index is -3.90. The summed E-state index contributed by atoms with van der Waals surface area (Å²) in [7, 11) is 1.42. The number of furan rings is 1. The van der Waals surface area contributed by atoms with Gasteiger partial charge in [-0.3, -0.25) is 4.79 Å². The zero-order chi connectivity index (χ0) is 16.0. The molecule has 7 heteroatoms. The third-order valence-corrected chi connectivity index (χ3v) is 5.48. The number of amides is 1. The van der Waals surface area contributed by atoms with Crippen molar-refractivity contribution in [3.8, 4) is 0 Å². The van der Waals surface area contributed by atoms with Crippen molar-refractivity contribution in [2.75, 3.05) is 13.1 Å². The molecule has 1 unspecified atom stereocenters. The summed E-state index contributed by atoms with van der Waals surface area (Å²) in [6, 6.07) is 1.21. The molecule has 1 fully saturated rings. The molecule has 5 nitrogen and oxygen atoms in total. The van der Waals surface area contributed by atoms with Gasteiger partial charge in [0.05, 0.1) is 0 Å². The number of carbonyl (C=O) groups excluding carboxylic acids is 1. The predicted molar refractivity (Wildman–Crippen MR) is 79.9 cm³/mol. The van der Waals surface area contributed by atoms with E-state index in [1.165, 1.54) is 13.0 Å². The number of carbonyl (C=O) groups is 1. The molecule has 1 aromatic heterocycles. The largest absolute Gasteiger partial charge is 0.455 e. The maximum absolute atomic E-state index is 12.4. The molecule has 21 heavy (non-hydrogen) atoms. The van der Waals surface area contributed by atoms with Gasteiger partial charge in [-0.05, 0) is 24.7 Å². The van der Waals surface area contributed by atoms with E-state index in [4.69, 9.17) is 15.1 Å². The van der Waals surface area contributed by atoms with Gasteiger partial charge in [0.2, 0.25) is 0 Å². The lowest BCUT2D eigenvalue weighted by Crippen LogP contribution is -2.30.